The van der Waals surface area contributed by atoms with E-state index in [2.05, 4.69) is 0 Å². The first-order valence-electron chi connectivity index (χ1n) is 5.07. The van der Waals surface area contributed by atoms with Gasteiger partial charge in [-0.2, -0.15) is 24.9 Å². The van der Waals surface area contributed by atoms with E-state index in [1.165, 1.54) is 11.8 Å². The molecule has 1 heterocycles. The molecule has 2 unspecified atom stereocenters. The van der Waals surface area contributed by atoms with Crippen LogP contribution in [0.1, 0.15) is 26.7 Å². The highest BCUT2D eigenvalue weighted by Crippen LogP contribution is 2.51. The number of hydrogen-bond acceptors (Lipinski definition) is 2. The van der Waals surface area contributed by atoms with Crippen LogP contribution in [0.4, 0.5) is 13.2 Å². The second kappa shape index (κ2) is 4.47. The van der Waals surface area contributed by atoms with Crippen molar-refractivity contribution < 1.29 is 23.1 Å². The van der Waals surface area contributed by atoms with Crippen molar-refractivity contribution in [3.63, 3.8) is 0 Å². The minimum atomic E-state index is -4.43. The highest BCUT2D eigenvalue weighted by molar-refractivity contribution is 8.00. The molecule has 0 aliphatic carbocycles. The van der Waals surface area contributed by atoms with Crippen LogP contribution in [0, 0.1) is 11.8 Å². The summed E-state index contributed by atoms with van der Waals surface area (Å²) in [6.07, 6.45) is -4.81. The summed E-state index contributed by atoms with van der Waals surface area (Å²) < 4.78 is 37.9. The van der Waals surface area contributed by atoms with E-state index in [0.717, 1.165) is 0 Å². The van der Waals surface area contributed by atoms with Crippen LogP contribution < -0.4 is 0 Å². The van der Waals surface area contributed by atoms with E-state index < -0.39 is 35.1 Å². The molecule has 1 fully saturated rings. The largest absolute Gasteiger partial charge is 0.481 e. The smallest absolute Gasteiger partial charge is 0.392 e. The molecule has 1 saturated heterocycles. The Morgan fingerprint density at radius 2 is 2.12 bits per heavy atom. The van der Waals surface area contributed by atoms with E-state index in [-0.39, 0.29) is 0 Å². The van der Waals surface area contributed by atoms with Gasteiger partial charge in [-0.1, -0.05) is 13.8 Å². The van der Waals surface area contributed by atoms with E-state index in [1.54, 1.807) is 13.8 Å². The third-order valence-electron chi connectivity index (χ3n) is 3.10. The van der Waals surface area contributed by atoms with Crippen molar-refractivity contribution in [2.24, 2.45) is 11.8 Å². The van der Waals surface area contributed by atoms with Gasteiger partial charge in [-0.15, -0.1) is 0 Å². The number of halogens is 3. The minimum Gasteiger partial charge on any atom is -0.481 e. The fraction of sp³-hybridized carbons (Fsp3) is 0.900. The first-order valence-corrected chi connectivity index (χ1v) is 6.05. The quantitative estimate of drug-likeness (QED) is 0.842. The number of alkyl halides is 3. The van der Waals surface area contributed by atoms with Crippen LogP contribution in [0.2, 0.25) is 0 Å². The lowest BCUT2D eigenvalue weighted by Crippen LogP contribution is -2.39. The molecule has 0 amide bonds. The molecule has 1 aliphatic rings. The van der Waals surface area contributed by atoms with Gasteiger partial charge in [-0.3, -0.25) is 4.79 Å². The summed E-state index contributed by atoms with van der Waals surface area (Å²) in [5.41, 5.74) is 0. The zero-order chi connectivity index (χ0) is 12.6. The molecule has 0 bridgehead atoms. The molecule has 1 rings (SSSR count). The molecule has 1 N–H and O–H groups in total. The van der Waals surface area contributed by atoms with Gasteiger partial charge in [0.2, 0.25) is 0 Å². The van der Waals surface area contributed by atoms with Crippen LogP contribution in [-0.4, -0.2) is 27.8 Å². The Kier molecular flexibility index (Phi) is 3.82. The number of aliphatic carboxylic acids is 1. The number of carbonyl (C=O) groups is 1. The molecule has 6 heteroatoms. The lowest BCUT2D eigenvalue weighted by atomic mass is 9.79. The third-order valence-corrected chi connectivity index (χ3v) is 4.58. The van der Waals surface area contributed by atoms with Crippen molar-refractivity contribution in [2.45, 2.75) is 37.6 Å². The Labute approximate surface area is 96.6 Å². The Morgan fingerprint density at radius 1 is 1.56 bits per heavy atom. The maximum absolute atomic E-state index is 12.8. The predicted octanol–water partition coefficient (Wildman–Crippen LogP) is 3.17. The minimum absolute atomic E-state index is 0.440. The number of carboxylic acid groups (broad SMARTS) is 1. The van der Waals surface area contributed by atoms with E-state index >= 15 is 0 Å². The maximum atomic E-state index is 12.8. The summed E-state index contributed by atoms with van der Waals surface area (Å²) in [4.78, 5) is 10.5. The van der Waals surface area contributed by atoms with Crippen molar-refractivity contribution in [2.75, 3.05) is 5.75 Å². The summed E-state index contributed by atoms with van der Waals surface area (Å²) in [5, 5.41) is 8.57. The van der Waals surface area contributed by atoms with Gasteiger partial charge < -0.3 is 5.11 Å². The van der Waals surface area contributed by atoms with Gasteiger partial charge in [0.25, 0.3) is 0 Å². The van der Waals surface area contributed by atoms with Crippen LogP contribution in [-0.2, 0) is 4.79 Å². The fourth-order valence-corrected chi connectivity index (χ4v) is 3.66. The summed E-state index contributed by atoms with van der Waals surface area (Å²) in [6.45, 7) is 3.52. The summed E-state index contributed by atoms with van der Waals surface area (Å²) in [5.74, 6) is -3.04. The first-order chi connectivity index (χ1) is 7.14. The summed E-state index contributed by atoms with van der Waals surface area (Å²) in [6, 6.07) is 0. The van der Waals surface area contributed by atoms with E-state index in [0.29, 0.717) is 12.2 Å². The summed E-state index contributed by atoms with van der Waals surface area (Å²) >= 11 is 1.49. The molecular formula is C10H15F3O2S. The molecule has 2 atom stereocenters. The monoisotopic (exact) mass is 256 g/mol. The standard InChI is InChI=1S/C10H15F3O2S/c1-9(2)6(3-4-16-9)7(5-8(14)15)10(11,12)13/h6-7H,3-5H2,1-2H3,(H,14,15). The Hall–Kier alpha value is -0.390. The molecular weight excluding hydrogens is 241 g/mol. The number of rotatable bonds is 3. The Morgan fingerprint density at radius 3 is 2.44 bits per heavy atom. The second-order valence-electron chi connectivity index (χ2n) is 4.59. The van der Waals surface area contributed by atoms with Crippen LogP contribution >= 0.6 is 11.8 Å². The molecule has 0 aromatic heterocycles. The highest BCUT2D eigenvalue weighted by atomic mass is 32.2. The molecule has 0 aromatic rings. The van der Waals surface area contributed by atoms with Gasteiger partial charge >= 0.3 is 12.1 Å². The SMILES string of the molecule is CC1(C)SCCC1C(CC(=O)O)C(F)(F)F. The normalized spacial score (nSPS) is 26.7. The van der Waals surface area contributed by atoms with Crippen LogP contribution in [0.5, 0.6) is 0 Å². The van der Waals surface area contributed by atoms with Crippen molar-refractivity contribution in [1.29, 1.82) is 0 Å². The van der Waals surface area contributed by atoms with Gasteiger partial charge in [0.1, 0.15) is 0 Å². The van der Waals surface area contributed by atoms with Gasteiger partial charge in [-0.05, 0) is 18.1 Å². The van der Waals surface area contributed by atoms with E-state index in [4.69, 9.17) is 5.11 Å². The Balaban J connectivity index is 2.88. The molecule has 0 radical (unpaired) electrons. The molecule has 1 aliphatic heterocycles. The number of thioether (sulfide) groups is 1. The summed E-state index contributed by atoms with van der Waals surface area (Å²) in [7, 11) is 0. The van der Waals surface area contributed by atoms with Crippen molar-refractivity contribution >= 4 is 17.7 Å². The van der Waals surface area contributed by atoms with Crippen LogP contribution in [0.3, 0.4) is 0 Å². The van der Waals surface area contributed by atoms with Gasteiger partial charge in [0.15, 0.2) is 0 Å². The Bertz CT molecular complexity index is 276. The highest BCUT2D eigenvalue weighted by Gasteiger charge is 2.52. The van der Waals surface area contributed by atoms with Gasteiger partial charge in [0.05, 0.1) is 12.3 Å². The van der Waals surface area contributed by atoms with Crippen molar-refractivity contribution in [3.8, 4) is 0 Å². The molecule has 2 nitrogen and oxygen atoms in total. The zero-order valence-corrected chi connectivity index (χ0v) is 9.99. The molecule has 0 saturated carbocycles. The average molecular weight is 256 g/mol. The average Bonchev–Trinajstić information content (AvgIpc) is 2.38. The van der Waals surface area contributed by atoms with E-state index in [1.807, 2.05) is 0 Å². The fourth-order valence-electron chi connectivity index (χ4n) is 2.26. The number of hydrogen-bond donors (Lipinski definition) is 1. The van der Waals surface area contributed by atoms with Gasteiger partial charge in [-0.25, -0.2) is 0 Å². The van der Waals surface area contributed by atoms with Crippen LogP contribution in [0.25, 0.3) is 0 Å². The maximum Gasteiger partial charge on any atom is 0.392 e. The van der Waals surface area contributed by atoms with Gasteiger partial charge in [0, 0.05) is 4.75 Å². The molecule has 0 spiro atoms. The van der Waals surface area contributed by atoms with Crippen molar-refractivity contribution in [1.82, 2.24) is 0 Å². The predicted molar refractivity (Wildman–Crippen MR) is 56.4 cm³/mol. The lowest BCUT2D eigenvalue weighted by Gasteiger charge is -2.33. The molecule has 94 valence electrons. The van der Waals surface area contributed by atoms with Crippen molar-refractivity contribution in [3.05, 3.63) is 0 Å². The molecule has 16 heavy (non-hydrogen) atoms. The zero-order valence-electron chi connectivity index (χ0n) is 9.17. The molecule has 0 aromatic carbocycles. The lowest BCUT2D eigenvalue weighted by molar-refractivity contribution is -0.197. The van der Waals surface area contributed by atoms with Crippen LogP contribution in [0.15, 0.2) is 0 Å². The topological polar surface area (TPSA) is 37.3 Å². The first kappa shape index (κ1) is 13.7. The van der Waals surface area contributed by atoms with E-state index in [9.17, 15) is 18.0 Å². The second-order valence-corrected chi connectivity index (χ2v) is 6.34. The number of carboxylic acids is 1. The third kappa shape index (κ3) is 3.06.